The smallest absolute Gasteiger partial charge is 0.261 e. The van der Waals surface area contributed by atoms with Gasteiger partial charge >= 0.3 is 0 Å². The Balaban J connectivity index is 1.98. The van der Waals surface area contributed by atoms with E-state index in [0.717, 1.165) is 10.8 Å². The number of rotatable bonds is 5. The number of carboxylic acids is 1. The molecule has 3 aromatic rings. The summed E-state index contributed by atoms with van der Waals surface area (Å²) in [5.41, 5.74) is 1.64. The maximum Gasteiger partial charge on any atom is 0.261 e. The zero-order valence-corrected chi connectivity index (χ0v) is 16.3. The van der Waals surface area contributed by atoms with Gasteiger partial charge in [0.15, 0.2) is 0 Å². The van der Waals surface area contributed by atoms with Crippen LogP contribution in [0.1, 0.15) is 28.4 Å². The zero-order valence-electron chi connectivity index (χ0n) is 16.3. The lowest BCUT2D eigenvalue weighted by molar-refractivity contribution is -0.305. The number of imide groups is 1. The van der Waals surface area contributed by atoms with Gasteiger partial charge in [0.05, 0.1) is 19.1 Å². The lowest BCUT2D eigenvalue weighted by Crippen LogP contribution is -2.47. The fourth-order valence-electron chi connectivity index (χ4n) is 3.67. The van der Waals surface area contributed by atoms with E-state index in [1.807, 2.05) is 43.3 Å². The third kappa shape index (κ3) is 3.33. The van der Waals surface area contributed by atoms with Crippen LogP contribution in [-0.4, -0.2) is 35.8 Å². The summed E-state index contributed by atoms with van der Waals surface area (Å²) < 4.78 is 5.78. The van der Waals surface area contributed by atoms with Crippen LogP contribution < -0.4 is 9.84 Å². The molecule has 0 saturated carbocycles. The van der Waals surface area contributed by atoms with Crippen LogP contribution in [0.2, 0.25) is 0 Å². The van der Waals surface area contributed by atoms with E-state index in [1.54, 1.807) is 30.3 Å². The van der Waals surface area contributed by atoms with Crippen molar-refractivity contribution in [2.24, 2.45) is 0 Å². The van der Waals surface area contributed by atoms with Crippen molar-refractivity contribution in [2.45, 2.75) is 6.92 Å². The molecular weight excluding hydrogens is 382 g/mol. The highest BCUT2D eigenvalue weighted by Crippen LogP contribution is 2.35. The van der Waals surface area contributed by atoms with Gasteiger partial charge in [-0.3, -0.25) is 14.5 Å². The van der Waals surface area contributed by atoms with Crippen LogP contribution in [0.15, 0.2) is 60.7 Å². The van der Waals surface area contributed by atoms with Crippen molar-refractivity contribution in [3.63, 3.8) is 0 Å². The summed E-state index contributed by atoms with van der Waals surface area (Å²) in [6, 6.07) is 18.1. The van der Waals surface area contributed by atoms with Gasteiger partial charge in [-0.2, -0.15) is 0 Å². The first-order chi connectivity index (χ1) is 14.5. The molecule has 30 heavy (non-hydrogen) atoms. The number of carbonyl (C=O) groups is 3. The van der Waals surface area contributed by atoms with Gasteiger partial charge < -0.3 is 14.6 Å². The van der Waals surface area contributed by atoms with E-state index < -0.39 is 24.3 Å². The average molecular weight is 400 g/mol. The predicted octanol–water partition coefficient (Wildman–Crippen LogP) is 2.51. The summed E-state index contributed by atoms with van der Waals surface area (Å²) in [5.74, 6) is -2.24. The van der Waals surface area contributed by atoms with Crippen LogP contribution in [0.5, 0.6) is 5.75 Å². The molecule has 4 rings (SSSR count). The molecule has 1 aliphatic heterocycles. The van der Waals surface area contributed by atoms with E-state index >= 15 is 0 Å². The molecule has 0 N–H and O–H groups in total. The molecule has 1 aliphatic rings. The Hall–Kier alpha value is -3.93. The molecule has 0 fully saturated rings. The first-order valence-electron chi connectivity index (χ1n) is 9.53. The molecule has 0 aromatic heterocycles. The minimum atomic E-state index is -1.50. The maximum absolute atomic E-state index is 13.1. The SMILES string of the molecule is CCOc1ccc2ccccc2c1/C=C1\C(=O)N(CC(=O)[O-])C(=O)c2ccccc21. The van der Waals surface area contributed by atoms with Crippen LogP contribution in [0.25, 0.3) is 22.4 Å². The number of hydrogen-bond acceptors (Lipinski definition) is 5. The first kappa shape index (κ1) is 19.4. The molecular formula is C24H18NO5-. The first-order valence-corrected chi connectivity index (χ1v) is 9.53. The molecule has 6 heteroatoms. The summed E-state index contributed by atoms with van der Waals surface area (Å²) in [7, 11) is 0. The van der Waals surface area contributed by atoms with E-state index in [9.17, 15) is 19.5 Å². The molecule has 3 aromatic carbocycles. The van der Waals surface area contributed by atoms with Crippen LogP contribution in [0.3, 0.4) is 0 Å². The molecule has 0 atom stereocenters. The second-order valence-corrected chi connectivity index (χ2v) is 6.80. The second-order valence-electron chi connectivity index (χ2n) is 6.80. The molecule has 6 nitrogen and oxygen atoms in total. The summed E-state index contributed by atoms with van der Waals surface area (Å²) in [5, 5.41) is 13.0. The van der Waals surface area contributed by atoms with Gasteiger partial charge in [0.25, 0.3) is 11.8 Å². The van der Waals surface area contributed by atoms with E-state index in [-0.39, 0.29) is 11.1 Å². The number of aliphatic carboxylic acids is 1. The molecule has 0 aliphatic carbocycles. The minimum absolute atomic E-state index is 0.226. The Bertz CT molecular complexity index is 1210. The van der Waals surface area contributed by atoms with Crippen molar-refractivity contribution in [3.8, 4) is 5.75 Å². The van der Waals surface area contributed by atoms with E-state index in [1.165, 1.54) is 0 Å². The lowest BCUT2D eigenvalue weighted by Gasteiger charge is -2.29. The number of carbonyl (C=O) groups excluding carboxylic acids is 3. The standard InChI is InChI=1S/C24H19NO5/c1-2-30-21-12-11-15-7-3-4-8-16(15)19(21)13-20-17-9-5-6-10-18(17)23(28)25(24(20)29)14-22(26)27/h3-13H,2,14H2,1H3,(H,26,27)/p-1/b20-13-. The number of benzene rings is 3. The molecule has 0 saturated heterocycles. The van der Waals surface area contributed by atoms with Gasteiger partial charge in [0.1, 0.15) is 5.75 Å². The van der Waals surface area contributed by atoms with E-state index in [4.69, 9.17) is 4.74 Å². The third-order valence-electron chi connectivity index (χ3n) is 4.97. The quantitative estimate of drug-likeness (QED) is 0.485. The maximum atomic E-state index is 13.1. The third-order valence-corrected chi connectivity index (χ3v) is 4.97. The fraction of sp³-hybridized carbons (Fsp3) is 0.125. The predicted molar refractivity (Wildman–Crippen MR) is 110 cm³/mol. The van der Waals surface area contributed by atoms with Gasteiger partial charge in [0.2, 0.25) is 0 Å². The normalized spacial score (nSPS) is 14.8. The van der Waals surface area contributed by atoms with Crippen LogP contribution in [0.4, 0.5) is 0 Å². The Morgan fingerprint density at radius 1 is 0.967 bits per heavy atom. The Labute approximate surface area is 173 Å². The highest BCUT2D eigenvalue weighted by Gasteiger charge is 2.34. The largest absolute Gasteiger partial charge is 0.548 e. The summed E-state index contributed by atoms with van der Waals surface area (Å²) in [6.07, 6.45) is 1.67. The Morgan fingerprint density at radius 3 is 2.40 bits per heavy atom. The van der Waals surface area contributed by atoms with Crippen LogP contribution in [-0.2, 0) is 9.59 Å². The minimum Gasteiger partial charge on any atom is -0.548 e. The number of nitrogens with zero attached hydrogens (tertiary/aromatic N) is 1. The summed E-state index contributed by atoms with van der Waals surface area (Å²) in [4.78, 5) is 37.7. The van der Waals surface area contributed by atoms with Gasteiger partial charge in [-0.15, -0.1) is 0 Å². The molecule has 2 amide bonds. The van der Waals surface area contributed by atoms with Gasteiger partial charge in [-0.25, -0.2) is 0 Å². The highest BCUT2D eigenvalue weighted by molar-refractivity contribution is 6.34. The fourth-order valence-corrected chi connectivity index (χ4v) is 3.67. The van der Waals surface area contributed by atoms with Crippen molar-refractivity contribution in [3.05, 3.63) is 77.4 Å². The van der Waals surface area contributed by atoms with Gasteiger partial charge in [-0.1, -0.05) is 48.5 Å². The molecule has 0 bridgehead atoms. The Kier molecular flexibility index (Phi) is 5.06. The van der Waals surface area contributed by atoms with Crippen molar-refractivity contribution in [2.75, 3.05) is 13.2 Å². The topological polar surface area (TPSA) is 86.7 Å². The summed E-state index contributed by atoms with van der Waals surface area (Å²) >= 11 is 0. The zero-order chi connectivity index (χ0) is 21.3. The van der Waals surface area contributed by atoms with Crippen LogP contribution >= 0.6 is 0 Å². The van der Waals surface area contributed by atoms with Crippen molar-refractivity contribution < 1.29 is 24.2 Å². The van der Waals surface area contributed by atoms with Crippen molar-refractivity contribution in [1.29, 1.82) is 0 Å². The number of carboxylic acid groups (broad SMARTS) is 1. The number of hydrogen-bond donors (Lipinski definition) is 0. The molecule has 1 heterocycles. The number of amides is 2. The molecule has 0 radical (unpaired) electrons. The van der Waals surface area contributed by atoms with Crippen molar-refractivity contribution in [1.82, 2.24) is 4.90 Å². The second kappa shape index (κ2) is 7.83. The van der Waals surface area contributed by atoms with Crippen LogP contribution in [0, 0.1) is 0 Å². The monoisotopic (exact) mass is 400 g/mol. The number of ether oxygens (including phenoxy) is 1. The van der Waals surface area contributed by atoms with Crippen molar-refractivity contribution >= 4 is 40.2 Å². The van der Waals surface area contributed by atoms with E-state index in [0.29, 0.717) is 28.4 Å². The molecule has 0 spiro atoms. The summed E-state index contributed by atoms with van der Waals surface area (Å²) in [6.45, 7) is 1.50. The highest BCUT2D eigenvalue weighted by atomic mass is 16.5. The van der Waals surface area contributed by atoms with Gasteiger partial charge in [0, 0.05) is 16.7 Å². The average Bonchev–Trinajstić information content (AvgIpc) is 2.75. The molecule has 150 valence electrons. The van der Waals surface area contributed by atoms with Gasteiger partial charge in [-0.05, 0) is 41.5 Å². The lowest BCUT2D eigenvalue weighted by atomic mass is 9.91. The number of fused-ring (bicyclic) bond motifs is 2. The van der Waals surface area contributed by atoms with E-state index in [2.05, 4.69) is 0 Å². The molecule has 0 unspecified atom stereocenters. The Morgan fingerprint density at radius 2 is 1.67 bits per heavy atom.